The van der Waals surface area contributed by atoms with Crippen molar-refractivity contribution in [2.24, 2.45) is 0 Å². The van der Waals surface area contributed by atoms with E-state index in [-0.39, 0.29) is 0 Å². The van der Waals surface area contributed by atoms with Gasteiger partial charge in [0.25, 0.3) is 0 Å². The molecule has 61 valence electrons. The Morgan fingerprint density at radius 3 is 2.50 bits per heavy atom. The van der Waals surface area contributed by atoms with Gasteiger partial charge in [0, 0.05) is 5.02 Å². The van der Waals surface area contributed by atoms with E-state index in [1.807, 2.05) is 26.0 Å². The minimum Gasteiger partial charge on any atom is -0.192 e. The van der Waals surface area contributed by atoms with Crippen LogP contribution in [0.2, 0.25) is 5.02 Å². The minimum atomic E-state index is 0.610. The molecule has 0 amide bonds. The van der Waals surface area contributed by atoms with Crippen LogP contribution >= 0.6 is 11.6 Å². The second kappa shape index (κ2) is 3.60. The van der Waals surface area contributed by atoms with Gasteiger partial charge in [-0.3, -0.25) is 0 Å². The molecule has 1 aromatic rings. The van der Waals surface area contributed by atoms with E-state index in [9.17, 15) is 0 Å². The van der Waals surface area contributed by atoms with Crippen LogP contribution in [-0.2, 0) is 0 Å². The van der Waals surface area contributed by atoms with Crippen LogP contribution in [0.5, 0.6) is 0 Å². The van der Waals surface area contributed by atoms with Gasteiger partial charge < -0.3 is 0 Å². The Labute approximate surface area is 77.6 Å². The van der Waals surface area contributed by atoms with Crippen molar-refractivity contribution in [3.8, 4) is 6.07 Å². The molecule has 0 N–H and O–H groups in total. The fraction of sp³-hybridized carbons (Fsp3) is 0.200. The molecular weight excluding hydrogens is 170 g/mol. The van der Waals surface area contributed by atoms with Crippen molar-refractivity contribution >= 4 is 11.6 Å². The molecule has 0 atom stereocenters. The average molecular weight is 179 g/mol. The third-order valence-electron chi connectivity index (χ3n) is 1.60. The second-order valence-electron chi connectivity index (χ2n) is 2.84. The molecule has 0 unspecified atom stereocenters. The molecule has 0 aliphatic heterocycles. The zero-order valence-corrected chi connectivity index (χ0v) is 7.81. The Kier molecular flexibility index (Phi) is 2.73. The van der Waals surface area contributed by atoms with Gasteiger partial charge in [0.1, 0.15) is 0 Å². The van der Waals surface area contributed by atoms with E-state index in [0.717, 1.165) is 11.5 Å². The summed E-state index contributed by atoms with van der Waals surface area (Å²) in [5.74, 6) is 1.16. The van der Waals surface area contributed by atoms with Crippen LogP contribution in [0.3, 0.4) is 0 Å². The summed E-state index contributed by atoms with van der Waals surface area (Å²) in [6, 6.07) is 7.42. The summed E-state index contributed by atoms with van der Waals surface area (Å²) in [6.07, 6.45) is 0. The zero-order chi connectivity index (χ0) is 9.14. The highest BCUT2D eigenvalue weighted by atomic mass is 35.5. The Balaban J connectivity index is 3.17. The van der Waals surface area contributed by atoms with Gasteiger partial charge in [-0.2, -0.15) is 5.26 Å². The quantitative estimate of drug-likeness (QED) is 0.648. The maximum atomic E-state index is 8.65. The SMILES string of the molecule is C[C](C)c1cc(Cl)cc(C#N)c1. The van der Waals surface area contributed by atoms with Crippen molar-refractivity contribution in [3.63, 3.8) is 0 Å². The highest BCUT2D eigenvalue weighted by molar-refractivity contribution is 6.30. The van der Waals surface area contributed by atoms with Gasteiger partial charge in [-0.15, -0.1) is 0 Å². The van der Waals surface area contributed by atoms with E-state index >= 15 is 0 Å². The van der Waals surface area contributed by atoms with Crippen molar-refractivity contribution in [1.82, 2.24) is 0 Å². The highest BCUT2D eigenvalue weighted by Crippen LogP contribution is 2.20. The zero-order valence-electron chi connectivity index (χ0n) is 7.06. The van der Waals surface area contributed by atoms with Gasteiger partial charge in [0.2, 0.25) is 0 Å². The summed E-state index contributed by atoms with van der Waals surface area (Å²) in [7, 11) is 0. The first-order valence-electron chi connectivity index (χ1n) is 3.64. The lowest BCUT2D eigenvalue weighted by molar-refractivity contribution is 1.15. The molecule has 2 heteroatoms. The number of rotatable bonds is 1. The topological polar surface area (TPSA) is 23.8 Å². The summed E-state index contributed by atoms with van der Waals surface area (Å²) in [5.41, 5.74) is 1.64. The molecule has 0 aliphatic rings. The standard InChI is InChI=1S/C10H9ClN/c1-7(2)9-3-8(6-12)4-10(11)5-9/h3-5H,1-2H3. The lowest BCUT2D eigenvalue weighted by Crippen LogP contribution is -1.89. The summed E-state index contributed by atoms with van der Waals surface area (Å²) in [4.78, 5) is 0. The van der Waals surface area contributed by atoms with E-state index in [2.05, 4.69) is 6.07 Å². The summed E-state index contributed by atoms with van der Waals surface area (Å²) in [6.45, 7) is 3.99. The predicted octanol–water partition coefficient (Wildman–Crippen LogP) is 3.17. The van der Waals surface area contributed by atoms with Crippen molar-refractivity contribution in [2.75, 3.05) is 0 Å². The first kappa shape index (κ1) is 9.09. The van der Waals surface area contributed by atoms with E-state index < -0.39 is 0 Å². The molecule has 0 saturated heterocycles. The Hall–Kier alpha value is -1.00. The summed E-state index contributed by atoms with van der Waals surface area (Å²) >= 11 is 5.81. The van der Waals surface area contributed by atoms with E-state index in [1.165, 1.54) is 0 Å². The molecule has 0 heterocycles. The molecule has 1 rings (SSSR count). The van der Waals surface area contributed by atoms with Crippen molar-refractivity contribution < 1.29 is 0 Å². The van der Waals surface area contributed by atoms with Gasteiger partial charge in [-0.25, -0.2) is 0 Å². The van der Waals surface area contributed by atoms with Crippen LogP contribution in [-0.4, -0.2) is 0 Å². The van der Waals surface area contributed by atoms with Crippen LogP contribution in [0, 0.1) is 17.2 Å². The van der Waals surface area contributed by atoms with Crippen LogP contribution in [0.15, 0.2) is 18.2 Å². The van der Waals surface area contributed by atoms with Gasteiger partial charge in [-0.05, 0) is 29.7 Å². The van der Waals surface area contributed by atoms with E-state index in [1.54, 1.807) is 6.07 Å². The molecule has 1 radical (unpaired) electrons. The van der Waals surface area contributed by atoms with Gasteiger partial charge in [-0.1, -0.05) is 25.4 Å². The maximum absolute atomic E-state index is 8.65. The Morgan fingerprint density at radius 1 is 1.33 bits per heavy atom. The largest absolute Gasteiger partial charge is 0.192 e. The molecule has 1 aromatic carbocycles. The number of nitriles is 1. The number of halogens is 1. The molecule has 0 aromatic heterocycles. The first-order chi connectivity index (χ1) is 5.63. The molecule has 0 fully saturated rings. The van der Waals surface area contributed by atoms with Crippen LogP contribution < -0.4 is 0 Å². The first-order valence-corrected chi connectivity index (χ1v) is 4.02. The highest BCUT2D eigenvalue weighted by Gasteiger charge is 2.02. The molecule has 0 spiro atoms. The summed E-state index contributed by atoms with van der Waals surface area (Å²) < 4.78 is 0. The second-order valence-corrected chi connectivity index (χ2v) is 3.28. The van der Waals surface area contributed by atoms with Crippen LogP contribution in [0.25, 0.3) is 0 Å². The number of hydrogen-bond acceptors (Lipinski definition) is 1. The predicted molar refractivity (Wildman–Crippen MR) is 49.9 cm³/mol. The van der Waals surface area contributed by atoms with Crippen molar-refractivity contribution in [2.45, 2.75) is 13.8 Å². The fourth-order valence-electron chi connectivity index (χ4n) is 0.943. The van der Waals surface area contributed by atoms with Gasteiger partial charge >= 0.3 is 0 Å². The van der Waals surface area contributed by atoms with E-state index in [4.69, 9.17) is 16.9 Å². The van der Waals surface area contributed by atoms with Gasteiger partial charge in [0.15, 0.2) is 0 Å². The Bertz CT molecular complexity index is 323. The third kappa shape index (κ3) is 1.99. The number of benzene rings is 1. The Morgan fingerprint density at radius 2 is 2.00 bits per heavy atom. The lowest BCUT2D eigenvalue weighted by atomic mass is 10.0. The summed E-state index contributed by atoms with van der Waals surface area (Å²) in [5, 5.41) is 9.27. The smallest absolute Gasteiger partial charge is 0.0992 e. The average Bonchev–Trinajstić information content (AvgIpc) is 2.03. The molecule has 0 saturated carbocycles. The number of nitrogens with zero attached hydrogens (tertiary/aromatic N) is 1. The normalized spacial score (nSPS) is 9.92. The van der Waals surface area contributed by atoms with Crippen molar-refractivity contribution in [1.29, 1.82) is 5.26 Å². The molecular formula is C10H9ClN. The van der Waals surface area contributed by atoms with Gasteiger partial charge in [0.05, 0.1) is 11.6 Å². The number of hydrogen-bond donors (Lipinski definition) is 0. The fourth-order valence-corrected chi connectivity index (χ4v) is 1.18. The molecule has 0 bridgehead atoms. The lowest BCUT2D eigenvalue weighted by Gasteiger charge is -2.04. The van der Waals surface area contributed by atoms with Crippen LogP contribution in [0.4, 0.5) is 0 Å². The van der Waals surface area contributed by atoms with Crippen molar-refractivity contribution in [3.05, 3.63) is 40.3 Å². The van der Waals surface area contributed by atoms with E-state index in [0.29, 0.717) is 10.6 Å². The molecule has 0 aliphatic carbocycles. The maximum Gasteiger partial charge on any atom is 0.0992 e. The third-order valence-corrected chi connectivity index (χ3v) is 1.82. The minimum absolute atomic E-state index is 0.610. The molecule has 12 heavy (non-hydrogen) atoms. The van der Waals surface area contributed by atoms with Crippen LogP contribution in [0.1, 0.15) is 25.0 Å². The molecule has 1 nitrogen and oxygen atoms in total. The monoisotopic (exact) mass is 178 g/mol.